The van der Waals surface area contributed by atoms with Gasteiger partial charge in [0.15, 0.2) is 0 Å². The van der Waals surface area contributed by atoms with E-state index in [1.165, 1.54) is 32.1 Å². The van der Waals surface area contributed by atoms with E-state index in [9.17, 15) is 4.79 Å². The van der Waals surface area contributed by atoms with E-state index in [-0.39, 0.29) is 6.03 Å². The Bertz CT molecular complexity index is 472. The first kappa shape index (κ1) is 13.7. The first-order valence-electron chi connectivity index (χ1n) is 7.57. The Hall–Kier alpha value is -1.22. The molecule has 1 saturated heterocycles. The number of hydrogen-bond donors (Lipinski definition) is 1. The van der Waals surface area contributed by atoms with Crippen LogP contribution >= 0.6 is 11.6 Å². The van der Waals surface area contributed by atoms with Gasteiger partial charge in [-0.05, 0) is 55.9 Å². The SMILES string of the molecule is O=C(Nc1ccc(Cl)cc1)N1CCC[C@H]2CCCC[C@@H]21. The molecule has 2 atom stereocenters. The number of hydrogen-bond acceptors (Lipinski definition) is 1. The van der Waals surface area contributed by atoms with E-state index in [2.05, 4.69) is 10.2 Å². The van der Waals surface area contributed by atoms with Crippen LogP contribution in [0.25, 0.3) is 0 Å². The second-order valence-corrected chi connectivity index (χ2v) is 6.32. The van der Waals surface area contributed by atoms with Crippen molar-refractivity contribution in [3.63, 3.8) is 0 Å². The predicted octanol–water partition coefficient (Wildman–Crippen LogP) is 4.53. The van der Waals surface area contributed by atoms with Gasteiger partial charge in [-0.3, -0.25) is 0 Å². The smallest absolute Gasteiger partial charge is 0.321 e. The standard InChI is InChI=1S/C16H21ClN2O/c17-13-7-9-14(10-8-13)18-16(20)19-11-3-5-12-4-1-2-6-15(12)19/h7-10,12,15H,1-6,11H2,(H,18,20)/t12-,15+/m1/s1. The summed E-state index contributed by atoms with van der Waals surface area (Å²) >= 11 is 5.86. The number of rotatable bonds is 1. The summed E-state index contributed by atoms with van der Waals surface area (Å²) in [4.78, 5) is 14.5. The van der Waals surface area contributed by atoms with Crippen LogP contribution in [0.15, 0.2) is 24.3 Å². The summed E-state index contributed by atoms with van der Waals surface area (Å²) in [5.41, 5.74) is 0.817. The number of urea groups is 1. The molecule has 3 nitrogen and oxygen atoms in total. The molecular weight excluding hydrogens is 272 g/mol. The number of nitrogens with zero attached hydrogens (tertiary/aromatic N) is 1. The highest BCUT2D eigenvalue weighted by atomic mass is 35.5. The van der Waals surface area contributed by atoms with Gasteiger partial charge < -0.3 is 10.2 Å². The van der Waals surface area contributed by atoms with Gasteiger partial charge in [0.1, 0.15) is 0 Å². The third-order valence-electron chi connectivity index (χ3n) is 4.60. The highest BCUT2D eigenvalue weighted by Crippen LogP contribution is 2.35. The third kappa shape index (κ3) is 2.93. The fraction of sp³-hybridized carbons (Fsp3) is 0.562. The molecule has 0 unspecified atom stereocenters. The summed E-state index contributed by atoms with van der Waals surface area (Å²) in [6.07, 6.45) is 7.46. The largest absolute Gasteiger partial charge is 0.322 e. The van der Waals surface area contributed by atoms with Crippen LogP contribution in [-0.2, 0) is 0 Å². The number of anilines is 1. The van der Waals surface area contributed by atoms with Crippen molar-refractivity contribution in [2.75, 3.05) is 11.9 Å². The number of carbonyl (C=O) groups is 1. The number of piperidine rings is 1. The fourth-order valence-corrected chi connectivity index (χ4v) is 3.73. The van der Waals surface area contributed by atoms with E-state index in [0.717, 1.165) is 18.7 Å². The van der Waals surface area contributed by atoms with Gasteiger partial charge in [0.05, 0.1) is 0 Å². The van der Waals surface area contributed by atoms with Crippen molar-refractivity contribution >= 4 is 23.3 Å². The molecule has 2 fully saturated rings. The van der Waals surface area contributed by atoms with Gasteiger partial charge in [-0.15, -0.1) is 0 Å². The molecule has 1 aromatic carbocycles. The Balaban J connectivity index is 1.67. The van der Waals surface area contributed by atoms with Gasteiger partial charge in [-0.1, -0.05) is 24.4 Å². The van der Waals surface area contributed by atoms with E-state index in [1.807, 2.05) is 12.1 Å². The molecule has 1 heterocycles. The van der Waals surface area contributed by atoms with Gasteiger partial charge in [0, 0.05) is 23.3 Å². The normalized spacial score (nSPS) is 25.9. The molecule has 0 bridgehead atoms. The minimum absolute atomic E-state index is 0.0453. The zero-order chi connectivity index (χ0) is 13.9. The van der Waals surface area contributed by atoms with E-state index >= 15 is 0 Å². The highest BCUT2D eigenvalue weighted by Gasteiger charge is 2.35. The molecule has 0 radical (unpaired) electrons. The molecule has 1 N–H and O–H groups in total. The molecule has 0 spiro atoms. The van der Waals surface area contributed by atoms with Crippen LogP contribution < -0.4 is 5.32 Å². The molecule has 1 aromatic rings. The Labute approximate surface area is 125 Å². The van der Waals surface area contributed by atoms with Crippen LogP contribution in [0.1, 0.15) is 38.5 Å². The number of carbonyl (C=O) groups excluding carboxylic acids is 1. The average molecular weight is 293 g/mol. The topological polar surface area (TPSA) is 32.3 Å². The number of halogens is 1. The van der Waals surface area contributed by atoms with Crippen molar-refractivity contribution in [1.29, 1.82) is 0 Å². The maximum absolute atomic E-state index is 12.5. The molecule has 108 valence electrons. The number of fused-ring (bicyclic) bond motifs is 1. The molecule has 4 heteroatoms. The van der Waals surface area contributed by atoms with Crippen LogP contribution in [0.5, 0.6) is 0 Å². The minimum atomic E-state index is 0.0453. The fourth-order valence-electron chi connectivity index (χ4n) is 3.61. The van der Waals surface area contributed by atoms with Crippen molar-refractivity contribution in [3.05, 3.63) is 29.3 Å². The molecule has 0 aromatic heterocycles. The number of amides is 2. The van der Waals surface area contributed by atoms with Crippen molar-refractivity contribution < 1.29 is 4.79 Å². The van der Waals surface area contributed by atoms with Crippen LogP contribution in [0.3, 0.4) is 0 Å². The van der Waals surface area contributed by atoms with Gasteiger partial charge in [0.2, 0.25) is 0 Å². The summed E-state index contributed by atoms with van der Waals surface area (Å²) in [6.45, 7) is 0.889. The van der Waals surface area contributed by atoms with Crippen molar-refractivity contribution in [2.45, 2.75) is 44.6 Å². The molecule has 1 aliphatic carbocycles. The first-order valence-corrected chi connectivity index (χ1v) is 7.95. The first-order chi connectivity index (χ1) is 9.74. The minimum Gasteiger partial charge on any atom is -0.321 e. The predicted molar refractivity (Wildman–Crippen MR) is 82.2 cm³/mol. The Kier molecular flexibility index (Phi) is 4.16. The maximum Gasteiger partial charge on any atom is 0.322 e. The molecule has 2 aliphatic rings. The lowest BCUT2D eigenvalue weighted by Gasteiger charge is -2.44. The zero-order valence-electron chi connectivity index (χ0n) is 11.6. The summed E-state index contributed by atoms with van der Waals surface area (Å²) in [5.74, 6) is 0.716. The lowest BCUT2D eigenvalue weighted by Crippen LogP contribution is -2.51. The van der Waals surface area contributed by atoms with Crippen molar-refractivity contribution in [2.24, 2.45) is 5.92 Å². The lowest BCUT2D eigenvalue weighted by atomic mass is 9.78. The van der Waals surface area contributed by atoms with Crippen molar-refractivity contribution in [1.82, 2.24) is 4.90 Å². The number of benzene rings is 1. The van der Waals surface area contributed by atoms with Crippen LogP contribution in [-0.4, -0.2) is 23.5 Å². The quantitative estimate of drug-likeness (QED) is 0.810. The summed E-state index contributed by atoms with van der Waals surface area (Å²) < 4.78 is 0. The van der Waals surface area contributed by atoms with Crippen LogP contribution in [0.2, 0.25) is 5.02 Å². The highest BCUT2D eigenvalue weighted by molar-refractivity contribution is 6.30. The number of nitrogens with one attached hydrogen (secondary N) is 1. The Morgan fingerprint density at radius 3 is 2.60 bits per heavy atom. The van der Waals surface area contributed by atoms with Gasteiger partial charge in [-0.25, -0.2) is 4.79 Å². The molecule has 3 rings (SSSR count). The second-order valence-electron chi connectivity index (χ2n) is 5.88. The summed E-state index contributed by atoms with van der Waals surface area (Å²) in [7, 11) is 0. The average Bonchev–Trinajstić information content (AvgIpc) is 2.49. The lowest BCUT2D eigenvalue weighted by molar-refractivity contribution is 0.0909. The van der Waals surface area contributed by atoms with Crippen LogP contribution in [0.4, 0.5) is 10.5 Å². The summed E-state index contributed by atoms with van der Waals surface area (Å²) in [5, 5.41) is 3.69. The maximum atomic E-state index is 12.5. The molecule has 1 saturated carbocycles. The second kappa shape index (κ2) is 6.04. The molecule has 20 heavy (non-hydrogen) atoms. The van der Waals surface area contributed by atoms with E-state index in [0.29, 0.717) is 17.0 Å². The van der Waals surface area contributed by atoms with Crippen LogP contribution in [0, 0.1) is 5.92 Å². The van der Waals surface area contributed by atoms with E-state index < -0.39 is 0 Å². The molecule has 2 amide bonds. The Morgan fingerprint density at radius 2 is 1.80 bits per heavy atom. The Morgan fingerprint density at radius 1 is 1.10 bits per heavy atom. The molecular formula is C16H21ClN2O. The van der Waals surface area contributed by atoms with Gasteiger partial charge in [0.25, 0.3) is 0 Å². The number of likely N-dealkylation sites (tertiary alicyclic amines) is 1. The van der Waals surface area contributed by atoms with E-state index in [1.54, 1.807) is 12.1 Å². The third-order valence-corrected chi connectivity index (χ3v) is 4.85. The zero-order valence-corrected chi connectivity index (χ0v) is 12.4. The van der Waals surface area contributed by atoms with E-state index in [4.69, 9.17) is 11.6 Å². The molecule has 1 aliphatic heterocycles. The summed E-state index contributed by atoms with van der Waals surface area (Å²) in [6, 6.07) is 7.80. The van der Waals surface area contributed by atoms with Gasteiger partial charge >= 0.3 is 6.03 Å². The van der Waals surface area contributed by atoms with Gasteiger partial charge in [-0.2, -0.15) is 0 Å². The monoisotopic (exact) mass is 292 g/mol. The van der Waals surface area contributed by atoms with Crippen molar-refractivity contribution in [3.8, 4) is 0 Å².